The van der Waals surface area contributed by atoms with Crippen molar-refractivity contribution in [1.29, 1.82) is 0 Å². The van der Waals surface area contributed by atoms with Crippen molar-refractivity contribution in [3.8, 4) is 11.5 Å². The number of aryl methyl sites for hydroxylation is 1. The summed E-state index contributed by atoms with van der Waals surface area (Å²) in [5, 5.41) is 6.15. The first kappa shape index (κ1) is 20.0. The second-order valence-corrected chi connectivity index (χ2v) is 7.41. The second-order valence-electron chi connectivity index (χ2n) is 6.97. The summed E-state index contributed by atoms with van der Waals surface area (Å²) in [6.45, 7) is 4.98. The van der Waals surface area contributed by atoms with Crippen molar-refractivity contribution in [2.45, 2.75) is 27.0 Å². The lowest BCUT2D eigenvalue weighted by molar-refractivity contribution is -0.135. The zero-order valence-electron chi connectivity index (χ0n) is 16.7. The minimum absolute atomic E-state index is 0.106. The molecule has 4 rings (SSSR count). The summed E-state index contributed by atoms with van der Waals surface area (Å²) >= 11 is 6.04. The van der Waals surface area contributed by atoms with Gasteiger partial charge in [-0.25, -0.2) is 0 Å². The largest absolute Gasteiger partial charge is 0.454 e. The Bertz CT molecular complexity index is 1050. The van der Waals surface area contributed by atoms with Crippen molar-refractivity contribution < 1.29 is 23.8 Å². The minimum atomic E-state index is -0.776. The standard InChI is InChI=1S/C21H20ClN3O5/c1-12-8-16(22)5-6-17(12)24(13(2)26)10-20-25(14(3)27)23-21(30-20)15-4-7-18-19(9-15)29-11-28-18/h4-9,20H,10-11H2,1-3H3. The number of carbonyl (C=O) groups is 2. The number of anilines is 1. The molecule has 2 aliphatic heterocycles. The van der Waals surface area contributed by atoms with Crippen molar-refractivity contribution in [3.05, 3.63) is 52.5 Å². The lowest BCUT2D eigenvalue weighted by atomic mass is 10.1. The van der Waals surface area contributed by atoms with Gasteiger partial charge in [-0.1, -0.05) is 11.6 Å². The molecule has 2 amide bonds. The first-order chi connectivity index (χ1) is 14.3. The van der Waals surface area contributed by atoms with E-state index in [-0.39, 0.29) is 31.0 Å². The molecule has 0 spiro atoms. The molecule has 0 fully saturated rings. The molecular weight excluding hydrogens is 410 g/mol. The fraction of sp³-hybridized carbons (Fsp3) is 0.286. The topological polar surface area (TPSA) is 80.7 Å². The lowest BCUT2D eigenvalue weighted by Gasteiger charge is -2.28. The average Bonchev–Trinajstić information content (AvgIpc) is 3.32. The smallest absolute Gasteiger partial charge is 0.243 e. The third kappa shape index (κ3) is 3.78. The highest BCUT2D eigenvalue weighted by molar-refractivity contribution is 6.30. The summed E-state index contributed by atoms with van der Waals surface area (Å²) in [5.41, 5.74) is 2.17. The second kappa shape index (κ2) is 7.87. The highest BCUT2D eigenvalue weighted by Gasteiger charge is 2.35. The molecule has 2 heterocycles. The molecule has 1 unspecified atom stereocenters. The van der Waals surface area contributed by atoms with Crippen LogP contribution in [0.15, 0.2) is 41.5 Å². The average molecular weight is 430 g/mol. The molecular formula is C21H20ClN3O5. The maximum atomic E-state index is 12.4. The van der Waals surface area contributed by atoms with Gasteiger partial charge in [-0.3, -0.25) is 9.59 Å². The molecule has 2 aromatic rings. The van der Waals surface area contributed by atoms with Crippen LogP contribution in [0.2, 0.25) is 5.02 Å². The highest BCUT2D eigenvalue weighted by atomic mass is 35.5. The van der Waals surface area contributed by atoms with E-state index in [4.69, 9.17) is 25.8 Å². The fourth-order valence-corrected chi connectivity index (χ4v) is 3.61. The highest BCUT2D eigenvalue weighted by Crippen LogP contribution is 2.34. The molecule has 156 valence electrons. The van der Waals surface area contributed by atoms with Gasteiger partial charge in [0.1, 0.15) is 0 Å². The Kier molecular flexibility index (Phi) is 5.26. The predicted molar refractivity (Wildman–Crippen MR) is 111 cm³/mol. The number of amides is 2. The number of hydrazone groups is 1. The molecule has 0 bridgehead atoms. The predicted octanol–water partition coefficient (Wildman–Crippen LogP) is 3.30. The first-order valence-corrected chi connectivity index (χ1v) is 9.70. The van der Waals surface area contributed by atoms with Crippen LogP contribution in [0.1, 0.15) is 25.0 Å². The number of hydrogen-bond donors (Lipinski definition) is 0. The normalized spacial score (nSPS) is 16.9. The van der Waals surface area contributed by atoms with Gasteiger partial charge in [0, 0.05) is 30.1 Å². The van der Waals surface area contributed by atoms with Crippen molar-refractivity contribution in [1.82, 2.24) is 5.01 Å². The van der Waals surface area contributed by atoms with Gasteiger partial charge in [0.05, 0.1) is 6.54 Å². The van der Waals surface area contributed by atoms with E-state index < -0.39 is 6.23 Å². The van der Waals surface area contributed by atoms with Crippen LogP contribution in [-0.4, -0.2) is 42.3 Å². The van der Waals surface area contributed by atoms with E-state index in [1.54, 1.807) is 41.3 Å². The van der Waals surface area contributed by atoms with Gasteiger partial charge < -0.3 is 19.1 Å². The Labute approximate surface area is 178 Å². The summed E-state index contributed by atoms with van der Waals surface area (Å²) in [7, 11) is 0. The molecule has 1 atom stereocenters. The Morgan fingerprint density at radius 2 is 1.93 bits per heavy atom. The third-order valence-corrected chi connectivity index (χ3v) is 5.06. The molecule has 0 N–H and O–H groups in total. The number of carbonyl (C=O) groups excluding carboxylic acids is 2. The number of fused-ring (bicyclic) bond motifs is 1. The molecule has 0 saturated carbocycles. The summed E-state index contributed by atoms with van der Waals surface area (Å²) in [4.78, 5) is 26.1. The number of ether oxygens (including phenoxy) is 3. The van der Waals surface area contributed by atoms with E-state index in [0.29, 0.717) is 27.8 Å². The van der Waals surface area contributed by atoms with E-state index in [1.807, 2.05) is 6.92 Å². The van der Waals surface area contributed by atoms with Crippen molar-refractivity contribution in [2.75, 3.05) is 18.2 Å². The molecule has 9 heteroatoms. The summed E-state index contributed by atoms with van der Waals surface area (Å²) in [6.07, 6.45) is -0.776. The van der Waals surface area contributed by atoms with E-state index >= 15 is 0 Å². The zero-order chi connectivity index (χ0) is 21.4. The number of benzene rings is 2. The van der Waals surface area contributed by atoms with Gasteiger partial charge in [0.15, 0.2) is 11.5 Å². The van der Waals surface area contributed by atoms with Crippen molar-refractivity contribution in [2.24, 2.45) is 5.10 Å². The van der Waals surface area contributed by atoms with Gasteiger partial charge in [-0.2, -0.15) is 5.01 Å². The van der Waals surface area contributed by atoms with Gasteiger partial charge >= 0.3 is 0 Å². The minimum Gasteiger partial charge on any atom is -0.454 e. The van der Waals surface area contributed by atoms with Crippen LogP contribution in [0.25, 0.3) is 0 Å². The zero-order valence-corrected chi connectivity index (χ0v) is 17.5. The van der Waals surface area contributed by atoms with Crippen molar-refractivity contribution >= 4 is 35.0 Å². The van der Waals surface area contributed by atoms with Gasteiger partial charge in [-0.05, 0) is 48.9 Å². The van der Waals surface area contributed by atoms with Gasteiger partial charge in [0.25, 0.3) is 0 Å². The Morgan fingerprint density at radius 1 is 1.17 bits per heavy atom. The quantitative estimate of drug-likeness (QED) is 0.745. The summed E-state index contributed by atoms with van der Waals surface area (Å²) in [5.74, 6) is 0.998. The van der Waals surface area contributed by atoms with E-state index in [2.05, 4.69) is 5.10 Å². The van der Waals surface area contributed by atoms with Crippen LogP contribution in [0.3, 0.4) is 0 Å². The van der Waals surface area contributed by atoms with Crippen LogP contribution in [0.4, 0.5) is 5.69 Å². The molecule has 2 aromatic carbocycles. The molecule has 0 saturated heterocycles. The molecule has 2 aliphatic rings. The monoisotopic (exact) mass is 429 g/mol. The Morgan fingerprint density at radius 3 is 2.63 bits per heavy atom. The SMILES string of the molecule is CC(=O)N(CC1OC(c2ccc3c(c2)OCO3)=NN1C(C)=O)c1ccc(Cl)cc1C. The third-order valence-electron chi connectivity index (χ3n) is 4.83. The van der Waals surface area contributed by atoms with Crippen LogP contribution in [-0.2, 0) is 14.3 Å². The van der Waals surface area contributed by atoms with E-state index in [1.165, 1.54) is 18.9 Å². The molecule has 0 aliphatic carbocycles. The van der Waals surface area contributed by atoms with Crippen LogP contribution in [0.5, 0.6) is 11.5 Å². The van der Waals surface area contributed by atoms with Crippen LogP contribution < -0.4 is 14.4 Å². The van der Waals surface area contributed by atoms with Crippen molar-refractivity contribution in [3.63, 3.8) is 0 Å². The van der Waals surface area contributed by atoms with Gasteiger partial charge in [-0.15, -0.1) is 5.10 Å². The first-order valence-electron chi connectivity index (χ1n) is 9.33. The molecule has 8 nitrogen and oxygen atoms in total. The maximum absolute atomic E-state index is 12.4. The van der Waals surface area contributed by atoms with E-state index in [9.17, 15) is 9.59 Å². The number of halogens is 1. The molecule has 0 radical (unpaired) electrons. The molecule has 30 heavy (non-hydrogen) atoms. The van der Waals surface area contributed by atoms with Crippen LogP contribution >= 0.6 is 11.6 Å². The lowest BCUT2D eigenvalue weighted by Crippen LogP contribution is -2.44. The number of rotatable bonds is 4. The Balaban J connectivity index is 1.60. The maximum Gasteiger partial charge on any atom is 0.243 e. The molecule has 0 aromatic heterocycles. The summed E-state index contributed by atoms with van der Waals surface area (Å²) in [6, 6.07) is 10.5. The fourth-order valence-electron chi connectivity index (χ4n) is 3.38. The van der Waals surface area contributed by atoms with E-state index in [0.717, 1.165) is 5.56 Å². The Hall–Kier alpha value is -3.26. The number of nitrogens with zero attached hydrogens (tertiary/aromatic N) is 3. The van der Waals surface area contributed by atoms with Crippen LogP contribution in [0, 0.1) is 6.92 Å². The summed E-state index contributed by atoms with van der Waals surface area (Å²) < 4.78 is 16.7. The van der Waals surface area contributed by atoms with Gasteiger partial charge in [0.2, 0.25) is 30.7 Å². The number of hydrogen-bond acceptors (Lipinski definition) is 6.